The number of aryl methyl sites for hydroxylation is 1. The predicted molar refractivity (Wildman–Crippen MR) is 202 cm³/mol. The molecule has 1 aliphatic rings. The molecule has 1 fully saturated rings. The number of aromatic nitrogens is 3. The number of aliphatic hydroxyl groups is 3. The summed E-state index contributed by atoms with van der Waals surface area (Å²) in [6.45, 7) is 1.98. The third-order valence-corrected chi connectivity index (χ3v) is 8.99. The monoisotopic (exact) mass is 889 g/mol. The maximum Gasteiger partial charge on any atom is 0.305 e. The standard InChI is InChI=1S/C35H52FN9O17/c1-15(2)26(34(60)40-19(9-24(50)51)31(57)38-11-16(3)46)42-32(58)18(6-7-23(48)49)39-33(59)20(10-25(52)53)41-35(61)30-29(56)28(55)27(54)21(62-30)12-37-22(47)14-45-13-17(43-44-45)5-4-8-36/h13,15,18-21,26-30,54-56H,4-12,14H2,1-3H3,(H,37,47)(H,38,57)(H,39,59)(H,40,60)(H,41,61)(H,42,58)(H,48,49)(H,50,51)(H,52,53)/t18-,19-,20-,21?,26-,27?,28?,29?,30?/m0/s1. The lowest BCUT2D eigenvalue weighted by molar-refractivity contribution is -0.219. The molecule has 0 radical (unpaired) electrons. The fraction of sp³-hybridized carbons (Fsp3) is 0.657. The van der Waals surface area contributed by atoms with Crippen LogP contribution in [0, 0.1) is 5.92 Å². The smallest absolute Gasteiger partial charge is 0.305 e. The molecule has 346 valence electrons. The fourth-order valence-electron chi connectivity index (χ4n) is 5.75. The van der Waals surface area contributed by atoms with E-state index in [1.54, 1.807) is 0 Å². The van der Waals surface area contributed by atoms with Crippen molar-refractivity contribution in [2.45, 2.75) is 121 Å². The van der Waals surface area contributed by atoms with Gasteiger partial charge in [-0.3, -0.25) is 52.3 Å². The Balaban J connectivity index is 2.23. The van der Waals surface area contributed by atoms with Gasteiger partial charge in [0.2, 0.25) is 29.5 Å². The van der Waals surface area contributed by atoms with Crippen molar-refractivity contribution < 1.29 is 87.7 Å². The first-order chi connectivity index (χ1) is 29.0. The molecule has 0 spiro atoms. The van der Waals surface area contributed by atoms with Gasteiger partial charge in [0.15, 0.2) is 6.10 Å². The number of nitrogens with zero attached hydrogens (tertiary/aromatic N) is 3. The molecule has 0 saturated carbocycles. The number of carbonyl (C=O) groups is 10. The molecule has 0 aromatic carbocycles. The van der Waals surface area contributed by atoms with E-state index < -0.39 is 172 Å². The maximum absolute atomic E-state index is 13.5. The first-order valence-electron chi connectivity index (χ1n) is 19.1. The van der Waals surface area contributed by atoms with Gasteiger partial charge in [-0.15, -0.1) is 5.10 Å². The minimum Gasteiger partial charge on any atom is -0.481 e. The van der Waals surface area contributed by atoms with E-state index in [1.807, 2.05) is 5.32 Å². The number of Topliss-reactive ketones (excluding diaryl/α,β-unsaturated/α-hetero) is 1. The summed E-state index contributed by atoms with van der Waals surface area (Å²) in [6, 6.07) is -7.19. The number of carbonyl (C=O) groups excluding carboxylic acids is 7. The number of ether oxygens (including phenoxy) is 1. The molecule has 0 aliphatic carbocycles. The van der Waals surface area contributed by atoms with Gasteiger partial charge in [0.1, 0.15) is 60.9 Å². The zero-order chi connectivity index (χ0) is 46.8. The summed E-state index contributed by atoms with van der Waals surface area (Å²) >= 11 is 0. The van der Waals surface area contributed by atoms with Crippen LogP contribution in [0.15, 0.2) is 6.20 Å². The molecule has 1 aromatic heterocycles. The molecule has 2 heterocycles. The highest BCUT2D eigenvalue weighted by Gasteiger charge is 2.47. The molecule has 1 aromatic rings. The summed E-state index contributed by atoms with van der Waals surface area (Å²) in [4.78, 5) is 125. The van der Waals surface area contributed by atoms with Crippen LogP contribution in [0.3, 0.4) is 0 Å². The topological polar surface area (TPSA) is 404 Å². The summed E-state index contributed by atoms with van der Waals surface area (Å²) < 4.78 is 19.1. The van der Waals surface area contributed by atoms with Crippen molar-refractivity contribution in [3.05, 3.63) is 11.9 Å². The number of amides is 6. The summed E-state index contributed by atoms with van der Waals surface area (Å²) in [6.07, 6.45) is -11.5. The van der Waals surface area contributed by atoms with Gasteiger partial charge in [-0.2, -0.15) is 0 Å². The second kappa shape index (κ2) is 24.9. The van der Waals surface area contributed by atoms with Crippen molar-refractivity contribution in [1.82, 2.24) is 46.9 Å². The number of aliphatic hydroxyl groups excluding tert-OH is 3. The third-order valence-electron chi connectivity index (χ3n) is 8.99. The molecule has 26 nitrogen and oxygen atoms in total. The summed E-state index contributed by atoms with van der Waals surface area (Å²) in [5.41, 5.74) is 0.419. The molecule has 2 rings (SSSR count). The van der Waals surface area contributed by atoms with Crippen LogP contribution in [0.25, 0.3) is 0 Å². The fourth-order valence-corrected chi connectivity index (χ4v) is 5.75. The average Bonchev–Trinajstić information content (AvgIpc) is 3.63. The van der Waals surface area contributed by atoms with Crippen molar-refractivity contribution in [3.63, 3.8) is 0 Å². The molecular formula is C35H52FN9O17. The predicted octanol–water partition coefficient (Wildman–Crippen LogP) is -5.74. The van der Waals surface area contributed by atoms with Crippen molar-refractivity contribution >= 4 is 59.1 Å². The third kappa shape index (κ3) is 17.1. The zero-order valence-electron chi connectivity index (χ0n) is 33.8. The van der Waals surface area contributed by atoms with Gasteiger partial charge in [0.05, 0.1) is 31.8 Å². The van der Waals surface area contributed by atoms with E-state index in [0.29, 0.717) is 5.69 Å². The Labute approximate surface area is 351 Å². The Morgan fingerprint density at radius 2 is 1.37 bits per heavy atom. The second-order valence-corrected chi connectivity index (χ2v) is 14.5. The lowest BCUT2D eigenvalue weighted by Gasteiger charge is -2.40. The second-order valence-electron chi connectivity index (χ2n) is 14.5. The van der Waals surface area contributed by atoms with Gasteiger partial charge in [-0.1, -0.05) is 19.1 Å². The summed E-state index contributed by atoms with van der Waals surface area (Å²) in [5.74, 6) is -12.8. The van der Waals surface area contributed by atoms with E-state index in [9.17, 15) is 83.0 Å². The number of halogens is 1. The van der Waals surface area contributed by atoms with Crippen LogP contribution in [-0.4, -0.2) is 179 Å². The van der Waals surface area contributed by atoms with E-state index in [-0.39, 0.29) is 12.8 Å². The van der Waals surface area contributed by atoms with Crippen LogP contribution >= 0.6 is 0 Å². The van der Waals surface area contributed by atoms with Crippen LogP contribution in [0.4, 0.5) is 4.39 Å². The Bertz CT molecular complexity index is 1800. The number of ketones is 1. The highest BCUT2D eigenvalue weighted by molar-refractivity contribution is 5.98. The van der Waals surface area contributed by atoms with Crippen molar-refractivity contribution in [2.24, 2.45) is 5.92 Å². The molecule has 12 N–H and O–H groups in total. The number of alkyl halides is 1. The van der Waals surface area contributed by atoms with Gasteiger partial charge in [-0.05, 0) is 32.1 Å². The summed E-state index contributed by atoms with van der Waals surface area (Å²) in [5, 5.41) is 80.4. The number of hydrogen-bond donors (Lipinski definition) is 12. The van der Waals surface area contributed by atoms with Crippen LogP contribution < -0.4 is 31.9 Å². The Hall–Kier alpha value is -6.19. The van der Waals surface area contributed by atoms with Gasteiger partial charge in [0, 0.05) is 19.2 Å². The highest BCUT2D eigenvalue weighted by Crippen LogP contribution is 2.22. The largest absolute Gasteiger partial charge is 0.481 e. The zero-order valence-corrected chi connectivity index (χ0v) is 33.8. The van der Waals surface area contributed by atoms with E-state index >= 15 is 0 Å². The van der Waals surface area contributed by atoms with Gasteiger partial charge < -0.3 is 67.3 Å². The van der Waals surface area contributed by atoms with Crippen molar-refractivity contribution in [2.75, 3.05) is 19.8 Å². The quantitative estimate of drug-likeness (QED) is 0.0412. The number of carboxylic acids is 3. The number of hydrogen-bond acceptors (Lipinski definition) is 16. The number of nitrogens with one attached hydrogen (secondary N) is 6. The van der Waals surface area contributed by atoms with Crippen LogP contribution in [-0.2, 0) is 65.6 Å². The lowest BCUT2D eigenvalue weighted by Crippen LogP contribution is -2.65. The number of carboxylic acid groups (broad SMARTS) is 3. The van der Waals surface area contributed by atoms with E-state index in [2.05, 4.69) is 36.9 Å². The molecule has 27 heteroatoms. The molecule has 62 heavy (non-hydrogen) atoms. The van der Waals surface area contributed by atoms with E-state index in [1.165, 1.54) is 20.0 Å². The van der Waals surface area contributed by atoms with Gasteiger partial charge in [0.25, 0.3) is 5.91 Å². The molecule has 5 unspecified atom stereocenters. The first kappa shape index (κ1) is 51.9. The van der Waals surface area contributed by atoms with Crippen LogP contribution in [0.2, 0.25) is 0 Å². The average molecular weight is 890 g/mol. The molecule has 1 saturated heterocycles. The highest BCUT2D eigenvalue weighted by atomic mass is 19.1. The molecular weight excluding hydrogens is 837 g/mol. The molecule has 6 amide bonds. The number of rotatable bonds is 26. The SMILES string of the molecule is CC(=O)CNC(=O)[C@H](CC(=O)O)NC(=O)[C@@H](NC(=O)[C@H](CCC(=O)O)NC(=O)[C@H](CC(=O)O)NC(=O)C1OC(CNC(=O)Cn2cc(CCCF)nn2)C(O)C(O)C1O)C(C)C. The normalized spacial score (nSPS) is 20.4. The maximum atomic E-state index is 13.5. The lowest BCUT2D eigenvalue weighted by atomic mass is 9.94. The first-order valence-corrected chi connectivity index (χ1v) is 19.1. The minimum absolute atomic E-state index is 0.188. The van der Waals surface area contributed by atoms with Crippen molar-refractivity contribution in [3.8, 4) is 0 Å². The van der Waals surface area contributed by atoms with E-state index in [4.69, 9.17) is 4.74 Å². The molecule has 9 atom stereocenters. The Morgan fingerprint density at radius 1 is 0.774 bits per heavy atom. The minimum atomic E-state index is -2.17. The van der Waals surface area contributed by atoms with Crippen LogP contribution in [0.5, 0.6) is 0 Å². The Kier molecular flexibility index (Phi) is 20.9. The number of aliphatic carboxylic acids is 3. The van der Waals surface area contributed by atoms with Crippen molar-refractivity contribution in [1.29, 1.82) is 0 Å². The van der Waals surface area contributed by atoms with Gasteiger partial charge >= 0.3 is 17.9 Å². The molecule has 0 bridgehead atoms. The van der Waals surface area contributed by atoms with Gasteiger partial charge in [-0.25, -0.2) is 4.68 Å². The summed E-state index contributed by atoms with van der Waals surface area (Å²) in [7, 11) is 0. The molecule has 1 aliphatic heterocycles. The van der Waals surface area contributed by atoms with E-state index in [0.717, 1.165) is 11.6 Å². The Morgan fingerprint density at radius 3 is 1.94 bits per heavy atom. The van der Waals surface area contributed by atoms with Crippen LogP contribution in [0.1, 0.15) is 58.6 Å².